The lowest BCUT2D eigenvalue weighted by molar-refractivity contribution is -0.139. The normalized spacial score (nSPS) is 8.50. The average Bonchev–Trinajstić information content (AvgIpc) is 2.02. The molecule has 0 saturated carbocycles. The van der Waals surface area contributed by atoms with Gasteiger partial charge in [0.25, 0.3) is 0 Å². The quantitative estimate of drug-likeness (QED) is 0.365. The molecule has 0 N–H and O–H groups in total. The van der Waals surface area contributed by atoms with Crippen molar-refractivity contribution in [3.63, 3.8) is 0 Å². The first-order valence-corrected chi connectivity index (χ1v) is 4.36. The van der Waals surface area contributed by atoms with Crippen LogP contribution in [0.25, 0.3) is 0 Å². The molecule has 0 saturated heterocycles. The van der Waals surface area contributed by atoms with Crippen LogP contribution in [0.15, 0.2) is 0 Å². The minimum Gasteiger partial charge on any atom is -0.453 e. The van der Waals surface area contributed by atoms with Gasteiger partial charge in [-0.15, -0.1) is 0 Å². The van der Waals surface area contributed by atoms with Gasteiger partial charge in [-0.1, -0.05) is 31.6 Å². The van der Waals surface area contributed by atoms with E-state index in [1.165, 1.54) is 19.8 Å². The van der Waals surface area contributed by atoms with Crippen molar-refractivity contribution in [1.29, 1.82) is 0 Å². The van der Waals surface area contributed by atoms with Crippen LogP contribution in [0.4, 0.5) is 0 Å². The van der Waals surface area contributed by atoms with Crippen LogP contribution in [-0.4, -0.2) is 12.6 Å². The van der Waals surface area contributed by atoms with Crippen molar-refractivity contribution in [2.75, 3.05) is 6.61 Å². The summed E-state index contributed by atoms with van der Waals surface area (Å²) >= 11 is 0. The highest BCUT2D eigenvalue weighted by atomic mass is 16.5. The van der Waals surface area contributed by atoms with Gasteiger partial charge in [0.05, 0.1) is 0 Å². The summed E-state index contributed by atoms with van der Waals surface area (Å²) in [5, 5.41) is 0. The maximum Gasteiger partial charge on any atom is 0.303 e. The number of unbranched alkanes of at least 4 members (excludes halogenated alkanes) is 3. The van der Waals surface area contributed by atoms with Crippen molar-refractivity contribution in [3.05, 3.63) is 0 Å². The Morgan fingerprint density at radius 1 is 1.33 bits per heavy atom. The minimum atomic E-state index is -0.266. The zero-order valence-electron chi connectivity index (χ0n) is 7.85. The molecule has 0 amide bonds. The van der Waals surface area contributed by atoms with Gasteiger partial charge in [-0.25, -0.2) is 0 Å². The molecule has 0 atom stereocenters. The van der Waals surface area contributed by atoms with Gasteiger partial charge in [0.2, 0.25) is 0 Å². The topological polar surface area (TPSA) is 26.3 Å². The van der Waals surface area contributed by atoms with E-state index in [0.717, 1.165) is 12.8 Å². The predicted molar refractivity (Wildman–Crippen MR) is 48.6 cm³/mol. The minimum absolute atomic E-state index is 0.238. The van der Waals surface area contributed by atoms with Gasteiger partial charge >= 0.3 is 5.97 Å². The van der Waals surface area contributed by atoms with Crippen molar-refractivity contribution in [2.45, 2.75) is 39.5 Å². The van der Waals surface area contributed by atoms with Crippen molar-refractivity contribution >= 4 is 5.97 Å². The summed E-state index contributed by atoms with van der Waals surface area (Å²) in [6.07, 6.45) is 4.49. The third-order valence-electron chi connectivity index (χ3n) is 1.38. The highest BCUT2D eigenvalue weighted by Gasteiger charge is 1.85. The Balaban J connectivity index is 3.17. The zero-order valence-corrected chi connectivity index (χ0v) is 7.85. The largest absolute Gasteiger partial charge is 0.453 e. The van der Waals surface area contributed by atoms with E-state index >= 15 is 0 Å². The van der Waals surface area contributed by atoms with Crippen LogP contribution in [-0.2, 0) is 9.53 Å². The van der Waals surface area contributed by atoms with Crippen molar-refractivity contribution in [2.24, 2.45) is 0 Å². The number of ether oxygens (including phenoxy) is 1. The fourth-order valence-corrected chi connectivity index (χ4v) is 0.741. The summed E-state index contributed by atoms with van der Waals surface area (Å²) in [7, 11) is 0. The fourth-order valence-electron chi connectivity index (χ4n) is 0.741. The number of carbonyl (C=O) groups excluding carboxylic acids is 1. The lowest BCUT2D eigenvalue weighted by atomic mass is 10.2. The first kappa shape index (κ1) is 11.0. The van der Waals surface area contributed by atoms with Crippen LogP contribution in [0.3, 0.4) is 0 Å². The molecule has 0 heterocycles. The molecule has 0 unspecified atom stereocenters. The van der Waals surface area contributed by atoms with E-state index in [2.05, 4.69) is 23.5 Å². The molecule has 0 aliphatic carbocycles. The smallest absolute Gasteiger partial charge is 0.303 e. The van der Waals surface area contributed by atoms with Gasteiger partial charge < -0.3 is 4.74 Å². The van der Waals surface area contributed by atoms with Crippen molar-refractivity contribution in [1.82, 2.24) is 0 Å². The molecule has 2 heteroatoms. The average molecular weight is 168 g/mol. The Hall–Kier alpha value is -0.970. The summed E-state index contributed by atoms with van der Waals surface area (Å²) in [5.41, 5.74) is 0. The Morgan fingerprint density at radius 3 is 2.67 bits per heavy atom. The predicted octanol–water partition coefficient (Wildman–Crippen LogP) is 2.13. The molecule has 2 nitrogen and oxygen atoms in total. The van der Waals surface area contributed by atoms with Crippen LogP contribution in [0.5, 0.6) is 0 Å². The fraction of sp³-hybridized carbons (Fsp3) is 0.700. The number of hydrogen-bond acceptors (Lipinski definition) is 2. The molecule has 0 aromatic heterocycles. The van der Waals surface area contributed by atoms with Crippen LogP contribution in [0, 0.1) is 11.8 Å². The third kappa shape index (κ3) is 9.03. The molecule has 0 fully saturated rings. The second-order valence-corrected chi connectivity index (χ2v) is 2.59. The van der Waals surface area contributed by atoms with Crippen molar-refractivity contribution in [3.8, 4) is 11.8 Å². The monoisotopic (exact) mass is 168 g/mol. The van der Waals surface area contributed by atoms with E-state index in [0.29, 0.717) is 0 Å². The highest BCUT2D eigenvalue weighted by Crippen LogP contribution is 1.96. The van der Waals surface area contributed by atoms with Crippen LogP contribution < -0.4 is 0 Å². The molecular formula is C10H16O2. The van der Waals surface area contributed by atoms with Gasteiger partial charge in [-0.05, 0) is 6.42 Å². The lowest BCUT2D eigenvalue weighted by Gasteiger charge is -1.91. The summed E-state index contributed by atoms with van der Waals surface area (Å²) in [6, 6.07) is 0. The zero-order chi connectivity index (χ0) is 9.23. The van der Waals surface area contributed by atoms with Gasteiger partial charge in [-0.3, -0.25) is 4.79 Å². The van der Waals surface area contributed by atoms with Gasteiger partial charge in [0.15, 0.2) is 6.61 Å². The third-order valence-corrected chi connectivity index (χ3v) is 1.38. The summed E-state index contributed by atoms with van der Waals surface area (Å²) < 4.78 is 4.64. The maximum atomic E-state index is 10.3. The Morgan fingerprint density at radius 2 is 2.08 bits per heavy atom. The van der Waals surface area contributed by atoms with E-state index in [1.54, 1.807) is 0 Å². The molecule has 0 aromatic carbocycles. The molecule has 0 aliphatic rings. The first-order valence-electron chi connectivity index (χ1n) is 4.36. The molecule has 0 radical (unpaired) electrons. The summed E-state index contributed by atoms with van der Waals surface area (Å²) in [5.74, 6) is 5.47. The number of rotatable bonds is 4. The standard InChI is InChI=1S/C10H16O2/c1-3-4-5-6-7-8-9-12-10(2)11/h3-6,9H2,1-2H3. The molecule has 68 valence electrons. The number of esters is 1. The van der Waals surface area contributed by atoms with Gasteiger partial charge in [-0.2, -0.15) is 0 Å². The SMILES string of the molecule is CCCCCC#CCOC(C)=O. The van der Waals surface area contributed by atoms with Crippen molar-refractivity contribution < 1.29 is 9.53 Å². The second-order valence-electron chi connectivity index (χ2n) is 2.59. The maximum absolute atomic E-state index is 10.3. The number of carbonyl (C=O) groups is 1. The molecular weight excluding hydrogens is 152 g/mol. The molecule has 0 spiro atoms. The Labute approximate surface area is 74.3 Å². The van der Waals surface area contributed by atoms with Gasteiger partial charge in [0, 0.05) is 13.3 Å². The summed E-state index contributed by atoms with van der Waals surface area (Å²) in [6.45, 7) is 3.78. The first-order chi connectivity index (χ1) is 5.77. The van der Waals surface area contributed by atoms with Gasteiger partial charge in [0.1, 0.15) is 0 Å². The van der Waals surface area contributed by atoms with E-state index in [4.69, 9.17) is 0 Å². The van der Waals surface area contributed by atoms with E-state index in [1.807, 2.05) is 0 Å². The molecule has 0 bridgehead atoms. The Bertz CT molecular complexity index is 174. The van der Waals surface area contributed by atoms with E-state index in [9.17, 15) is 4.79 Å². The second kappa shape index (κ2) is 8.13. The molecule has 0 rings (SSSR count). The van der Waals surface area contributed by atoms with Crippen LogP contribution in [0.1, 0.15) is 39.5 Å². The number of hydrogen-bond donors (Lipinski definition) is 0. The van der Waals surface area contributed by atoms with E-state index in [-0.39, 0.29) is 12.6 Å². The van der Waals surface area contributed by atoms with E-state index < -0.39 is 0 Å². The van der Waals surface area contributed by atoms with Crippen LogP contribution >= 0.6 is 0 Å². The molecule has 0 aliphatic heterocycles. The van der Waals surface area contributed by atoms with Crippen LogP contribution in [0.2, 0.25) is 0 Å². The molecule has 12 heavy (non-hydrogen) atoms. The summed E-state index contributed by atoms with van der Waals surface area (Å²) in [4.78, 5) is 10.3. The molecule has 0 aromatic rings. The highest BCUT2D eigenvalue weighted by molar-refractivity contribution is 5.66. The lowest BCUT2D eigenvalue weighted by Crippen LogP contribution is -1.97. The Kier molecular flexibility index (Phi) is 7.47.